The minimum atomic E-state index is -0.770. The third kappa shape index (κ3) is 10.3. The number of carboxylic acids is 1. The molecule has 220 valence electrons. The Kier molecular flexibility index (Phi) is 12.4. The van der Waals surface area contributed by atoms with E-state index in [4.69, 9.17) is 5.11 Å². The van der Waals surface area contributed by atoms with Gasteiger partial charge in [-0.3, -0.25) is 29.4 Å². The van der Waals surface area contributed by atoms with Crippen LogP contribution in [0.15, 0.2) is 95.9 Å². The first-order valence-corrected chi connectivity index (χ1v) is 13.8. The molecule has 0 bridgehead atoms. The van der Waals surface area contributed by atoms with Gasteiger partial charge < -0.3 is 15.7 Å². The number of carbonyl (C=O) groups is 3. The predicted octanol–water partition coefficient (Wildman–Crippen LogP) is 5.01. The highest BCUT2D eigenvalue weighted by atomic mass is 16.6. The van der Waals surface area contributed by atoms with Crippen LogP contribution in [0.3, 0.4) is 0 Å². The van der Waals surface area contributed by atoms with Crippen molar-refractivity contribution in [3.05, 3.63) is 112 Å². The van der Waals surface area contributed by atoms with E-state index >= 15 is 0 Å². The molecular weight excluding hydrogens is 536 g/mol. The largest absolute Gasteiger partial charge is 0.480 e. The number of likely N-dealkylation sites (N-methyl/N-ethyl adjacent to an activating group) is 1. The Hall–Kier alpha value is -4.83. The van der Waals surface area contributed by atoms with Crippen molar-refractivity contribution in [2.24, 2.45) is 0 Å². The number of carboxylic acid groups (broad SMARTS) is 1. The van der Waals surface area contributed by atoms with Gasteiger partial charge in [-0.15, -0.1) is 0 Å². The van der Waals surface area contributed by atoms with Gasteiger partial charge in [0.2, 0.25) is 0 Å². The van der Waals surface area contributed by atoms with Crippen LogP contribution < -0.4 is 10.6 Å². The lowest BCUT2D eigenvalue weighted by Crippen LogP contribution is -2.28. The summed E-state index contributed by atoms with van der Waals surface area (Å²) >= 11 is 0. The number of non-ortho nitro benzene ring substituents is 1. The van der Waals surface area contributed by atoms with Crippen molar-refractivity contribution >= 4 is 23.9 Å². The molecule has 10 heteroatoms. The lowest BCUT2D eigenvalue weighted by atomic mass is 9.98. The maximum atomic E-state index is 12.7. The zero-order valence-electron chi connectivity index (χ0n) is 23.6. The van der Waals surface area contributed by atoms with Gasteiger partial charge in [0.25, 0.3) is 11.6 Å². The van der Waals surface area contributed by atoms with Crippen molar-refractivity contribution < 1.29 is 24.4 Å². The number of hydrogen-bond donors (Lipinski definition) is 3. The van der Waals surface area contributed by atoms with E-state index in [9.17, 15) is 24.5 Å². The molecule has 2 aromatic rings. The lowest BCUT2D eigenvalue weighted by Gasteiger charge is -2.15. The van der Waals surface area contributed by atoms with Crippen LogP contribution in [0.2, 0.25) is 0 Å². The van der Waals surface area contributed by atoms with Gasteiger partial charge in [0.05, 0.1) is 11.5 Å². The molecule has 0 fully saturated rings. The quantitative estimate of drug-likeness (QED) is 0.139. The van der Waals surface area contributed by atoms with Crippen molar-refractivity contribution in [1.29, 1.82) is 0 Å². The van der Waals surface area contributed by atoms with E-state index in [-0.39, 0.29) is 18.1 Å². The lowest BCUT2D eigenvalue weighted by molar-refractivity contribution is -0.384. The number of aliphatic carboxylic acids is 1. The molecule has 10 nitrogen and oxygen atoms in total. The third-order valence-corrected chi connectivity index (χ3v) is 6.61. The number of nitro benzene ring substituents is 1. The molecule has 0 unspecified atom stereocenters. The normalized spacial score (nSPS) is 14.0. The highest BCUT2D eigenvalue weighted by Gasteiger charge is 2.16. The Bertz CT molecular complexity index is 1390. The summed E-state index contributed by atoms with van der Waals surface area (Å²) in [4.78, 5) is 46.0. The fourth-order valence-electron chi connectivity index (χ4n) is 4.40. The monoisotopic (exact) mass is 572 g/mol. The van der Waals surface area contributed by atoms with Crippen LogP contribution in [0, 0.1) is 10.1 Å². The summed E-state index contributed by atoms with van der Waals surface area (Å²) in [6, 6.07) is 13.2. The van der Waals surface area contributed by atoms with E-state index in [1.807, 2.05) is 18.0 Å². The summed E-state index contributed by atoms with van der Waals surface area (Å²) in [5.74, 6) is -1.03. The molecule has 0 saturated carbocycles. The Labute approximate surface area is 245 Å². The first-order chi connectivity index (χ1) is 20.3. The molecule has 2 aliphatic carbocycles. The fourth-order valence-corrected chi connectivity index (χ4v) is 4.40. The molecule has 0 radical (unpaired) electrons. The summed E-state index contributed by atoms with van der Waals surface area (Å²) in [5, 5.41) is 25.6. The molecule has 3 N–H and O–H groups in total. The van der Waals surface area contributed by atoms with E-state index in [0.29, 0.717) is 29.5 Å². The van der Waals surface area contributed by atoms with Crippen molar-refractivity contribution in [3.63, 3.8) is 0 Å². The van der Waals surface area contributed by atoms with Gasteiger partial charge in [0, 0.05) is 42.2 Å². The van der Waals surface area contributed by atoms with E-state index in [2.05, 4.69) is 28.9 Å². The molecule has 42 heavy (non-hydrogen) atoms. The molecular formula is C32H36N4O6. The molecule has 0 saturated heterocycles. The molecule has 0 aromatic heterocycles. The summed E-state index contributed by atoms with van der Waals surface area (Å²) in [7, 11) is 1.83. The number of aldehydes is 1. The second kappa shape index (κ2) is 16.4. The fraction of sp³-hybridized carbons (Fsp3) is 0.281. The standard InChI is InChI=1S/C20H16N2O4.C12H20N2O2/c23-13-14-5-9-16(10-6-14)21-20(24)19-4-2-1-3-18(19)15-7-11-17(12-8-15)22(25)26;1-14(10-12(15)16)9-5-8-13-11-6-3-2-4-7-11/h1-5,7-9,11-13H,6,10H2,(H,21,24);3,6-7,13H,2,4-5,8-10H2,1H3,(H,15,16). The summed E-state index contributed by atoms with van der Waals surface area (Å²) in [6.45, 7) is 1.80. The van der Waals surface area contributed by atoms with Gasteiger partial charge in [-0.05, 0) is 86.2 Å². The van der Waals surface area contributed by atoms with Gasteiger partial charge in [-0.1, -0.05) is 36.4 Å². The number of nitrogens with zero attached hydrogens (tertiary/aromatic N) is 2. The van der Waals surface area contributed by atoms with Gasteiger partial charge in [0.15, 0.2) is 0 Å². The number of nitrogens with one attached hydrogen (secondary N) is 2. The Morgan fingerprint density at radius 2 is 1.83 bits per heavy atom. The SMILES string of the molecule is CN(CCCNC1=CCCC=C1)CC(=O)O.O=CC1=CC=C(NC(=O)c2ccccc2-c2ccc([N+](=O)[O-])cc2)CC1. The predicted molar refractivity (Wildman–Crippen MR) is 162 cm³/mol. The van der Waals surface area contributed by atoms with Crippen LogP contribution in [-0.2, 0) is 9.59 Å². The minimum absolute atomic E-state index is 0.000753. The number of benzene rings is 2. The van der Waals surface area contributed by atoms with Crippen molar-refractivity contribution in [2.75, 3.05) is 26.7 Å². The van der Waals surface area contributed by atoms with E-state index < -0.39 is 10.9 Å². The third-order valence-electron chi connectivity index (χ3n) is 6.61. The molecule has 2 aliphatic rings. The average molecular weight is 573 g/mol. The van der Waals surface area contributed by atoms with E-state index in [0.717, 1.165) is 49.9 Å². The van der Waals surface area contributed by atoms with Gasteiger partial charge >= 0.3 is 5.97 Å². The van der Waals surface area contributed by atoms with Crippen molar-refractivity contribution in [1.82, 2.24) is 15.5 Å². The molecule has 4 rings (SSSR count). The van der Waals surface area contributed by atoms with Crippen LogP contribution in [0.25, 0.3) is 11.1 Å². The maximum Gasteiger partial charge on any atom is 0.317 e. The molecule has 1 amide bonds. The maximum absolute atomic E-state index is 12.7. The molecule has 0 atom stereocenters. The van der Waals surface area contributed by atoms with Crippen LogP contribution in [-0.4, -0.2) is 59.8 Å². The smallest absolute Gasteiger partial charge is 0.317 e. The number of hydrogen-bond acceptors (Lipinski definition) is 7. The van der Waals surface area contributed by atoms with Gasteiger partial charge in [-0.25, -0.2) is 0 Å². The van der Waals surface area contributed by atoms with Crippen molar-refractivity contribution in [2.45, 2.75) is 32.1 Å². The number of amides is 1. The van der Waals surface area contributed by atoms with Crippen LogP contribution in [0.4, 0.5) is 5.69 Å². The Morgan fingerprint density at radius 3 is 2.45 bits per heavy atom. The van der Waals surface area contributed by atoms with Crippen LogP contribution >= 0.6 is 0 Å². The topological polar surface area (TPSA) is 142 Å². The van der Waals surface area contributed by atoms with Crippen LogP contribution in [0.5, 0.6) is 0 Å². The first-order valence-electron chi connectivity index (χ1n) is 13.8. The summed E-state index contributed by atoms with van der Waals surface area (Å²) < 4.78 is 0. The van der Waals surface area contributed by atoms with Gasteiger partial charge in [0.1, 0.15) is 6.29 Å². The highest BCUT2D eigenvalue weighted by Crippen LogP contribution is 2.26. The highest BCUT2D eigenvalue weighted by molar-refractivity contribution is 6.01. The van der Waals surface area contributed by atoms with E-state index in [1.54, 1.807) is 42.5 Å². The molecule has 0 heterocycles. The second-order valence-corrected chi connectivity index (χ2v) is 9.91. The molecule has 0 spiro atoms. The molecule has 0 aliphatic heterocycles. The van der Waals surface area contributed by atoms with Gasteiger partial charge in [-0.2, -0.15) is 0 Å². The zero-order chi connectivity index (χ0) is 30.3. The van der Waals surface area contributed by atoms with Crippen molar-refractivity contribution in [3.8, 4) is 11.1 Å². The zero-order valence-corrected chi connectivity index (χ0v) is 23.6. The summed E-state index contributed by atoms with van der Waals surface area (Å²) in [6.07, 6.45) is 15.1. The average Bonchev–Trinajstić information content (AvgIpc) is 3.00. The first kappa shape index (κ1) is 31.7. The molecule has 2 aromatic carbocycles. The minimum Gasteiger partial charge on any atom is -0.480 e. The van der Waals surface area contributed by atoms with E-state index in [1.165, 1.54) is 17.8 Å². The number of allylic oxidation sites excluding steroid dienone is 7. The number of carbonyl (C=O) groups excluding carboxylic acids is 2. The number of rotatable bonds is 12. The second-order valence-electron chi connectivity index (χ2n) is 9.91. The van der Waals surface area contributed by atoms with Crippen LogP contribution in [0.1, 0.15) is 42.5 Å². The Morgan fingerprint density at radius 1 is 1.07 bits per heavy atom. The number of nitro groups is 1. The summed E-state index contributed by atoms with van der Waals surface area (Å²) in [5.41, 5.74) is 4.54. The Balaban J connectivity index is 0.000000260.